The summed E-state index contributed by atoms with van der Waals surface area (Å²) in [5.41, 5.74) is 0. The van der Waals surface area contributed by atoms with Crippen molar-refractivity contribution in [2.75, 3.05) is 39.3 Å². The number of carbonyl (C=O) groups is 2. The van der Waals surface area contributed by atoms with E-state index in [1.165, 1.54) is 0 Å². The van der Waals surface area contributed by atoms with E-state index in [1.54, 1.807) is 0 Å². The van der Waals surface area contributed by atoms with E-state index >= 15 is 0 Å². The van der Waals surface area contributed by atoms with Gasteiger partial charge in [0.25, 0.3) is 0 Å². The predicted octanol–water partition coefficient (Wildman–Crippen LogP) is 1.09. The van der Waals surface area contributed by atoms with E-state index < -0.39 is 0 Å². The Morgan fingerprint density at radius 3 is 2.05 bits per heavy atom. The monoisotopic (exact) mass is 295 g/mol. The molecule has 0 aliphatic carbocycles. The lowest BCUT2D eigenvalue weighted by Gasteiger charge is -2.36. The molecule has 0 aromatic rings. The van der Waals surface area contributed by atoms with E-state index in [0.717, 1.165) is 25.9 Å². The number of amides is 2. The molecule has 5 nitrogen and oxygen atoms in total. The number of piperazine rings is 1. The molecule has 0 aromatic carbocycles. The maximum absolute atomic E-state index is 12.3. The number of nitrogens with one attached hydrogen (secondary N) is 1. The minimum Gasteiger partial charge on any atom is -0.339 e. The highest BCUT2D eigenvalue weighted by Crippen LogP contribution is 2.18. The van der Waals surface area contributed by atoms with Crippen LogP contribution in [0.15, 0.2) is 0 Å². The standard InChI is InChI=1S/C16H29N3O2/c1-13(2)11-15(20)18-7-9-19(10-8-18)16(21)12-14-3-5-17-6-4-14/h13-14,17H,3-12H2,1-2H3. The molecular formula is C16H29N3O2. The zero-order chi connectivity index (χ0) is 15.2. The highest BCUT2D eigenvalue weighted by Gasteiger charge is 2.26. The van der Waals surface area contributed by atoms with Gasteiger partial charge < -0.3 is 15.1 Å². The van der Waals surface area contributed by atoms with Crippen LogP contribution in [0.1, 0.15) is 39.5 Å². The van der Waals surface area contributed by atoms with Crippen molar-refractivity contribution in [1.82, 2.24) is 15.1 Å². The van der Waals surface area contributed by atoms with E-state index in [9.17, 15) is 9.59 Å². The molecule has 0 bridgehead atoms. The van der Waals surface area contributed by atoms with Crippen molar-refractivity contribution >= 4 is 11.8 Å². The van der Waals surface area contributed by atoms with Crippen molar-refractivity contribution in [3.63, 3.8) is 0 Å². The lowest BCUT2D eigenvalue weighted by atomic mass is 9.94. The predicted molar refractivity (Wildman–Crippen MR) is 82.8 cm³/mol. The summed E-state index contributed by atoms with van der Waals surface area (Å²) in [4.78, 5) is 28.2. The zero-order valence-corrected chi connectivity index (χ0v) is 13.4. The van der Waals surface area contributed by atoms with E-state index in [0.29, 0.717) is 50.9 Å². The smallest absolute Gasteiger partial charge is 0.222 e. The molecule has 2 saturated heterocycles. The van der Waals surface area contributed by atoms with Crippen LogP contribution in [-0.2, 0) is 9.59 Å². The Labute approximate surface area is 128 Å². The van der Waals surface area contributed by atoms with Crippen LogP contribution < -0.4 is 5.32 Å². The third-order valence-electron chi connectivity index (χ3n) is 4.49. The molecular weight excluding hydrogens is 266 g/mol. The molecule has 0 aromatic heterocycles. The molecule has 0 unspecified atom stereocenters. The number of hydrogen-bond acceptors (Lipinski definition) is 3. The Hall–Kier alpha value is -1.10. The minimum absolute atomic E-state index is 0.232. The topological polar surface area (TPSA) is 52.7 Å². The fourth-order valence-corrected chi connectivity index (χ4v) is 3.15. The first-order valence-electron chi connectivity index (χ1n) is 8.32. The molecule has 0 spiro atoms. The molecule has 2 amide bonds. The molecule has 0 radical (unpaired) electrons. The highest BCUT2D eigenvalue weighted by molar-refractivity contribution is 5.78. The van der Waals surface area contributed by atoms with Crippen molar-refractivity contribution in [3.8, 4) is 0 Å². The lowest BCUT2D eigenvalue weighted by molar-refractivity contribution is -0.140. The fraction of sp³-hybridized carbons (Fsp3) is 0.875. The van der Waals surface area contributed by atoms with E-state index in [4.69, 9.17) is 0 Å². The fourth-order valence-electron chi connectivity index (χ4n) is 3.15. The van der Waals surface area contributed by atoms with Crippen molar-refractivity contribution in [2.24, 2.45) is 11.8 Å². The Morgan fingerprint density at radius 1 is 1.00 bits per heavy atom. The highest BCUT2D eigenvalue weighted by atomic mass is 16.2. The summed E-state index contributed by atoms with van der Waals surface area (Å²) < 4.78 is 0. The summed E-state index contributed by atoms with van der Waals surface area (Å²) in [7, 11) is 0. The van der Waals surface area contributed by atoms with Gasteiger partial charge in [-0.25, -0.2) is 0 Å². The largest absolute Gasteiger partial charge is 0.339 e. The normalized spacial score (nSPS) is 20.9. The second-order valence-electron chi connectivity index (χ2n) is 6.76. The quantitative estimate of drug-likeness (QED) is 0.845. The molecule has 2 aliphatic heterocycles. The lowest BCUT2D eigenvalue weighted by Crippen LogP contribution is -2.51. The molecule has 2 heterocycles. The van der Waals surface area contributed by atoms with E-state index in [2.05, 4.69) is 19.2 Å². The molecule has 0 saturated carbocycles. The average Bonchev–Trinajstić information content (AvgIpc) is 2.47. The van der Waals surface area contributed by atoms with Gasteiger partial charge in [0.15, 0.2) is 0 Å². The van der Waals surface area contributed by atoms with E-state index in [-0.39, 0.29) is 11.8 Å². The molecule has 0 atom stereocenters. The average molecular weight is 295 g/mol. The first-order valence-corrected chi connectivity index (χ1v) is 8.32. The Bertz CT molecular complexity index is 357. The second-order valence-corrected chi connectivity index (χ2v) is 6.76. The van der Waals surface area contributed by atoms with Crippen LogP contribution in [0.25, 0.3) is 0 Å². The maximum Gasteiger partial charge on any atom is 0.222 e. The second kappa shape index (κ2) is 7.78. The van der Waals surface area contributed by atoms with Crippen molar-refractivity contribution in [2.45, 2.75) is 39.5 Å². The van der Waals surface area contributed by atoms with Gasteiger partial charge in [0.1, 0.15) is 0 Å². The number of nitrogens with zero attached hydrogens (tertiary/aromatic N) is 2. The number of carbonyl (C=O) groups excluding carboxylic acids is 2. The van der Waals surface area contributed by atoms with Gasteiger partial charge in [-0.3, -0.25) is 9.59 Å². The first-order chi connectivity index (χ1) is 10.1. The molecule has 5 heteroatoms. The van der Waals surface area contributed by atoms with Crippen LogP contribution in [-0.4, -0.2) is 60.9 Å². The molecule has 2 fully saturated rings. The summed E-state index contributed by atoms with van der Waals surface area (Å²) in [5, 5.41) is 3.33. The van der Waals surface area contributed by atoms with Crippen LogP contribution in [0, 0.1) is 11.8 Å². The van der Waals surface area contributed by atoms with Crippen molar-refractivity contribution < 1.29 is 9.59 Å². The molecule has 2 aliphatic rings. The summed E-state index contributed by atoms with van der Waals surface area (Å²) in [5.74, 6) is 1.45. The Balaban J connectivity index is 1.72. The van der Waals surface area contributed by atoms with Gasteiger partial charge in [0.05, 0.1) is 0 Å². The summed E-state index contributed by atoms with van der Waals surface area (Å²) in [6.07, 6.45) is 3.52. The minimum atomic E-state index is 0.232. The van der Waals surface area contributed by atoms with Gasteiger partial charge in [-0.15, -0.1) is 0 Å². The van der Waals surface area contributed by atoms with Crippen LogP contribution in [0.4, 0.5) is 0 Å². The zero-order valence-electron chi connectivity index (χ0n) is 13.4. The van der Waals surface area contributed by atoms with Gasteiger partial charge in [0, 0.05) is 39.0 Å². The van der Waals surface area contributed by atoms with Crippen LogP contribution >= 0.6 is 0 Å². The van der Waals surface area contributed by atoms with Crippen LogP contribution in [0.5, 0.6) is 0 Å². The molecule has 1 N–H and O–H groups in total. The third-order valence-corrected chi connectivity index (χ3v) is 4.49. The first kappa shape index (κ1) is 16.3. The van der Waals surface area contributed by atoms with Gasteiger partial charge in [0.2, 0.25) is 11.8 Å². The number of hydrogen-bond donors (Lipinski definition) is 1. The SMILES string of the molecule is CC(C)CC(=O)N1CCN(C(=O)CC2CCNCC2)CC1. The number of rotatable bonds is 4. The molecule has 21 heavy (non-hydrogen) atoms. The Morgan fingerprint density at radius 2 is 1.52 bits per heavy atom. The van der Waals surface area contributed by atoms with E-state index in [1.807, 2.05) is 9.80 Å². The van der Waals surface area contributed by atoms with Gasteiger partial charge in [-0.2, -0.15) is 0 Å². The van der Waals surface area contributed by atoms with Crippen molar-refractivity contribution in [1.29, 1.82) is 0 Å². The van der Waals surface area contributed by atoms with Gasteiger partial charge in [-0.1, -0.05) is 13.8 Å². The maximum atomic E-state index is 12.3. The van der Waals surface area contributed by atoms with Crippen LogP contribution in [0.3, 0.4) is 0 Å². The number of piperidine rings is 1. The summed E-state index contributed by atoms with van der Waals surface area (Å²) in [6, 6.07) is 0. The molecule has 2 rings (SSSR count). The third kappa shape index (κ3) is 4.99. The summed E-state index contributed by atoms with van der Waals surface area (Å²) in [6.45, 7) is 9.01. The Kier molecular flexibility index (Phi) is 6.03. The van der Waals surface area contributed by atoms with Crippen molar-refractivity contribution in [3.05, 3.63) is 0 Å². The van der Waals surface area contributed by atoms with Gasteiger partial charge >= 0.3 is 0 Å². The van der Waals surface area contributed by atoms with Crippen LogP contribution in [0.2, 0.25) is 0 Å². The summed E-state index contributed by atoms with van der Waals surface area (Å²) >= 11 is 0. The van der Waals surface area contributed by atoms with Gasteiger partial charge in [-0.05, 0) is 37.8 Å². The molecule has 120 valence electrons.